The minimum absolute atomic E-state index is 0.141. The van der Waals surface area contributed by atoms with Crippen LogP contribution in [0.3, 0.4) is 0 Å². The van der Waals surface area contributed by atoms with Crippen LogP contribution < -0.4 is 5.73 Å². The van der Waals surface area contributed by atoms with Crippen molar-refractivity contribution in [1.29, 1.82) is 0 Å². The molecule has 0 aliphatic heterocycles. The molecule has 5 heteroatoms. The molecule has 0 saturated heterocycles. The molecule has 4 aliphatic carbocycles. The van der Waals surface area contributed by atoms with E-state index in [0.29, 0.717) is 23.1 Å². The van der Waals surface area contributed by atoms with E-state index in [9.17, 15) is 4.79 Å². The van der Waals surface area contributed by atoms with Crippen LogP contribution in [-0.4, -0.2) is 28.7 Å². The number of rotatable bonds is 2. The van der Waals surface area contributed by atoms with Crippen LogP contribution in [0.4, 0.5) is 0 Å². The Morgan fingerprint density at radius 1 is 1.17 bits per heavy atom. The highest BCUT2D eigenvalue weighted by atomic mass is 16.5. The van der Waals surface area contributed by atoms with Crippen LogP contribution in [0.2, 0.25) is 0 Å². The third-order valence-electron chi connectivity index (χ3n) is 8.94. The highest BCUT2D eigenvalue weighted by Crippen LogP contribution is 2.65. The fourth-order valence-corrected chi connectivity index (χ4v) is 7.30. The number of hydrogen-bond acceptors (Lipinski definition) is 4. The number of ether oxygens (including phenoxy) is 1. The van der Waals surface area contributed by atoms with Crippen molar-refractivity contribution in [3.05, 3.63) is 35.9 Å². The largest absolute Gasteiger partial charge is 0.464 e. The van der Waals surface area contributed by atoms with E-state index in [1.165, 1.54) is 38.5 Å². The van der Waals surface area contributed by atoms with Crippen molar-refractivity contribution in [3.8, 4) is 0 Å². The fraction of sp³-hybridized carbons (Fsp3) is 0.667. The minimum Gasteiger partial charge on any atom is -0.464 e. The van der Waals surface area contributed by atoms with Crippen molar-refractivity contribution in [2.24, 2.45) is 34.3 Å². The lowest BCUT2D eigenvalue weighted by Crippen LogP contribution is -2.50. The topological polar surface area (TPSA) is 70.1 Å². The zero-order valence-corrected chi connectivity index (χ0v) is 17.9. The molecular formula is C24H33N3O2. The van der Waals surface area contributed by atoms with Gasteiger partial charge in [-0.3, -0.25) is 0 Å². The molecule has 5 nitrogen and oxygen atoms in total. The predicted molar refractivity (Wildman–Crippen MR) is 113 cm³/mol. The lowest BCUT2D eigenvalue weighted by molar-refractivity contribution is -0.0127. The molecular weight excluding hydrogens is 362 g/mol. The summed E-state index contributed by atoms with van der Waals surface area (Å²) in [6.07, 6.45) is 16.9. The van der Waals surface area contributed by atoms with Gasteiger partial charge in [-0.15, -0.1) is 0 Å². The fourth-order valence-electron chi connectivity index (χ4n) is 7.30. The van der Waals surface area contributed by atoms with E-state index in [4.69, 9.17) is 10.5 Å². The molecule has 4 aliphatic rings. The van der Waals surface area contributed by atoms with E-state index in [-0.39, 0.29) is 11.4 Å². The number of carbonyl (C=O) groups is 1. The van der Waals surface area contributed by atoms with E-state index in [1.54, 1.807) is 11.9 Å². The second-order valence-corrected chi connectivity index (χ2v) is 10.2. The van der Waals surface area contributed by atoms with E-state index in [1.807, 2.05) is 6.20 Å². The number of methoxy groups -OCH3 is 1. The SMILES string of the molecule is COC(=O)c1cn(C2=CCC3C4CC=C5C[C@@H](N)CC[C@]5(C)C4CC[C@]23C)cn1. The first-order valence-electron chi connectivity index (χ1n) is 11.2. The van der Waals surface area contributed by atoms with Gasteiger partial charge in [0, 0.05) is 23.4 Å². The molecule has 0 amide bonds. The quantitative estimate of drug-likeness (QED) is 0.595. The van der Waals surface area contributed by atoms with Crippen LogP contribution in [0, 0.1) is 28.6 Å². The molecule has 1 aromatic rings. The molecule has 5 rings (SSSR count). The molecule has 2 saturated carbocycles. The summed E-state index contributed by atoms with van der Waals surface area (Å²) in [5, 5.41) is 0. The van der Waals surface area contributed by atoms with Gasteiger partial charge >= 0.3 is 5.97 Å². The maximum atomic E-state index is 11.9. The first-order valence-corrected chi connectivity index (χ1v) is 11.2. The molecule has 3 unspecified atom stereocenters. The Morgan fingerprint density at radius 2 is 1.97 bits per heavy atom. The number of fused-ring (bicyclic) bond motifs is 5. The average molecular weight is 396 g/mol. The second-order valence-electron chi connectivity index (χ2n) is 10.2. The van der Waals surface area contributed by atoms with Crippen LogP contribution in [0.1, 0.15) is 69.3 Å². The molecule has 1 heterocycles. The van der Waals surface area contributed by atoms with Crippen LogP contribution >= 0.6 is 0 Å². The summed E-state index contributed by atoms with van der Waals surface area (Å²) in [5.74, 6) is 1.79. The van der Waals surface area contributed by atoms with Gasteiger partial charge in [-0.25, -0.2) is 9.78 Å². The third kappa shape index (κ3) is 2.69. The third-order valence-corrected chi connectivity index (χ3v) is 8.94. The van der Waals surface area contributed by atoms with Gasteiger partial charge in [-0.2, -0.15) is 0 Å². The normalized spacial score (nSPS) is 41.0. The highest BCUT2D eigenvalue weighted by Gasteiger charge is 2.56. The predicted octanol–water partition coefficient (Wildman–Crippen LogP) is 4.41. The number of esters is 1. The summed E-state index contributed by atoms with van der Waals surface area (Å²) >= 11 is 0. The molecule has 2 N–H and O–H groups in total. The summed E-state index contributed by atoms with van der Waals surface area (Å²) in [6, 6.07) is 0.352. The molecule has 6 atom stereocenters. The number of nitrogens with zero attached hydrogens (tertiary/aromatic N) is 2. The molecule has 0 radical (unpaired) electrons. The maximum absolute atomic E-state index is 11.9. The monoisotopic (exact) mass is 395 g/mol. The number of carbonyl (C=O) groups excluding carboxylic acids is 1. The van der Waals surface area contributed by atoms with Gasteiger partial charge in [0.05, 0.1) is 13.4 Å². The van der Waals surface area contributed by atoms with Crippen LogP contribution in [0.25, 0.3) is 5.70 Å². The lowest BCUT2D eigenvalue weighted by Gasteiger charge is -2.57. The Kier molecular flexibility index (Phi) is 4.32. The first kappa shape index (κ1) is 19.1. The van der Waals surface area contributed by atoms with Crippen LogP contribution in [-0.2, 0) is 4.74 Å². The van der Waals surface area contributed by atoms with Gasteiger partial charge in [-0.1, -0.05) is 31.6 Å². The van der Waals surface area contributed by atoms with Crippen molar-refractivity contribution >= 4 is 11.7 Å². The highest BCUT2D eigenvalue weighted by molar-refractivity contribution is 5.87. The van der Waals surface area contributed by atoms with E-state index < -0.39 is 0 Å². The lowest BCUT2D eigenvalue weighted by atomic mass is 9.47. The Balaban J connectivity index is 1.43. The second kappa shape index (κ2) is 6.56. The molecule has 1 aromatic heterocycles. The summed E-state index contributed by atoms with van der Waals surface area (Å²) < 4.78 is 6.90. The number of allylic oxidation sites excluding steroid dienone is 3. The van der Waals surface area contributed by atoms with Crippen LogP contribution in [0.15, 0.2) is 30.2 Å². The van der Waals surface area contributed by atoms with Gasteiger partial charge in [0.15, 0.2) is 5.69 Å². The Bertz CT molecular complexity index is 900. The standard InChI is InChI=1S/C24H33N3O2/c1-23-10-8-16(25)12-15(23)4-5-17-18-6-7-21(24(18,2)11-9-19(17)23)27-13-20(26-14-27)22(28)29-3/h4,7,13-14,16-19H,5-6,8-12,25H2,1-3H3/t16-,17?,18?,19?,23-,24-/m0/s1. The summed E-state index contributed by atoms with van der Waals surface area (Å²) in [6.45, 7) is 4.95. The van der Waals surface area contributed by atoms with E-state index in [2.05, 4.69) is 35.6 Å². The average Bonchev–Trinajstić information content (AvgIpc) is 3.32. The van der Waals surface area contributed by atoms with E-state index >= 15 is 0 Å². The first-order chi connectivity index (χ1) is 13.9. The van der Waals surface area contributed by atoms with Crippen molar-refractivity contribution in [1.82, 2.24) is 9.55 Å². The minimum atomic E-state index is -0.374. The van der Waals surface area contributed by atoms with Gasteiger partial charge in [0.2, 0.25) is 0 Å². The smallest absolute Gasteiger partial charge is 0.358 e. The van der Waals surface area contributed by atoms with Crippen molar-refractivity contribution < 1.29 is 9.53 Å². The van der Waals surface area contributed by atoms with Gasteiger partial charge < -0.3 is 15.0 Å². The maximum Gasteiger partial charge on any atom is 0.358 e. The summed E-state index contributed by atoms with van der Waals surface area (Å²) in [5.41, 5.74) is 10.1. The van der Waals surface area contributed by atoms with Crippen molar-refractivity contribution in [2.45, 2.75) is 64.8 Å². The summed E-state index contributed by atoms with van der Waals surface area (Å²) in [7, 11) is 1.40. The number of hydrogen-bond donors (Lipinski definition) is 1. The summed E-state index contributed by atoms with van der Waals surface area (Å²) in [4.78, 5) is 16.1. The van der Waals surface area contributed by atoms with Gasteiger partial charge in [-0.05, 0) is 68.1 Å². The number of nitrogens with two attached hydrogens (primary N) is 1. The zero-order chi connectivity index (χ0) is 20.4. The van der Waals surface area contributed by atoms with Gasteiger partial charge in [0.25, 0.3) is 0 Å². The Hall–Kier alpha value is -1.88. The number of imidazole rings is 1. The van der Waals surface area contributed by atoms with Gasteiger partial charge in [0.1, 0.15) is 0 Å². The van der Waals surface area contributed by atoms with Crippen molar-refractivity contribution in [3.63, 3.8) is 0 Å². The number of aromatic nitrogens is 2. The zero-order valence-electron chi connectivity index (χ0n) is 17.9. The molecule has 0 spiro atoms. The Morgan fingerprint density at radius 3 is 2.76 bits per heavy atom. The molecule has 0 bridgehead atoms. The van der Waals surface area contributed by atoms with Crippen molar-refractivity contribution in [2.75, 3.05) is 7.11 Å². The molecule has 2 fully saturated rings. The molecule has 0 aromatic carbocycles. The van der Waals surface area contributed by atoms with Crippen LogP contribution in [0.5, 0.6) is 0 Å². The Labute approximate surface area is 173 Å². The molecule has 156 valence electrons. The molecule has 29 heavy (non-hydrogen) atoms. The van der Waals surface area contributed by atoms with E-state index in [0.717, 1.165) is 31.1 Å².